The molecule has 0 spiro atoms. The van der Waals surface area contributed by atoms with E-state index < -0.39 is 5.78 Å². The van der Waals surface area contributed by atoms with Crippen LogP contribution in [0.2, 0.25) is 0 Å². The molecule has 0 bridgehead atoms. The number of carbonyl (C=O) groups excluding carboxylic acids is 2. The monoisotopic (exact) mass is 312 g/mol. The number of anilines is 2. The molecular formula is C17H13ClN2O2. The molecule has 0 unspecified atom stereocenters. The van der Waals surface area contributed by atoms with E-state index in [1.807, 2.05) is 31.2 Å². The van der Waals surface area contributed by atoms with E-state index in [0.29, 0.717) is 16.9 Å². The maximum Gasteiger partial charge on any atom is 0.211 e. The summed E-state index contributed by atoms with van der Waals surface area (Å²) in [5, 5.41) is 2.82. The summed E-state index contributed by atoms with van der Waals surface area (Å²) in [6, 6.07) is 12.1. The van der Waals surface area contributed by atoms with Gasteiger partial charge in [-0.05, 0) is 37.3 Å². The van der Waals surface area contributed by atoms with Crippen LogP contribution in [0.3, 0.4) is 0 Å². The third-order valence-corrected chi connectivity index (χ3v) is 3.86. The first kappa shape index (κ1) is 14.4. The minimum absolute atomic E-state index is 0.0905. The van der Waals surface area contributed by atoms with Crippen LogP contribution >= 0.6 is 11.6 Å². The molecule has 5 heteroatoms. The van der Waals surface area contributed by atoms with Gasteiger partial charge in [0, 0.05) is 22.5 Å². The van der Waals surface area contributed by atoms with Gasteiger partial charge in [0.2, 0.25) is 11.6 Å². The number of halogens is 1. The first-order chi connectivity index (χ1) is 10.5. The van der Waals surface area contributed by atoms with Crippen LogP contribution < -0.4 is 11.1 Å². The molecule has 22 heavy (non-hydrogen) atoms. The van der Waals surface area contributed by atoms with Gasteiger partial charge in [0.25, 0.3) is 0 Å². The van der Waals surface area contributed by atoms with E-state index in [9.17, 15) is 9.59 Å². The summed E-state index contributed by atoms with van der Waals surface area (Å²) in [5.41, 5.74) is 8.51. The molecule has 1 aliphatic rings. The van der Waals surface area contributed by atoms with Crippen LogP contribution in [0.25, 0.3) is 0 Å². The first-order valence-electron chi connectivity index (χ1n) is 6.70. The van der Waals surface area contributed by atoms with Crippen LogP contribution in [0.4, 0.5) is 11.4 Å². The lowest BCUT2D eigenvalue weighted by Crippen LogP contribution is -2.24. The number of nitrogen functional groups attached to an aromatic ring is 1. The fraction of sp³-hybridized carbons (Fsp3) is 0.0588. The molecule has 2 aromatic carbocycles. The molecule has 0 saturated carbocycles. The van der Waals surface area contributed by atoms with E-state index >= 15 is 0 Å². The molecule has 1 aliphatic carbocycles. The van der Waals surface area contributed by atoms with Crippen molar-refractivity contribution in [2.75, 3.05) is 11.1 Å². The van der Waals surface area contributed by atoms with Crippen molar-refractivity contribution in [1.82, 2.24) is 0 Å². The Morgan fingerprint density at radius 3 is 2.32 bits per heavy atom. The predicted octanol–water partition coefficient (Wildman–Crippen LogP) is 3.52. The Hall–Kier alpha value is -2.59. The Morgan fingerprint density at radius 1 is 0.955 bits per heavy atom. The normalized spacial score (nSPS) is 14.1. The average molecular weight is 313 g/mol. The van der Waals surface area contributed by atoms with E-state index in [1.165, 1.54) is 6.07 Å². The number of nitrogens with one attached hydrogen (secondary N) is 1. The second kappa shape index (κ2) is 5.31. The van der Waals surface area contributed by atoms with Crippen LogP contribution in [-0.2, 0) is 0 Å². The lowest BCUT2D eigenvalue weighted by molar-refractivity contribution is 0.0982. The van der Waals surface area contributed by atoms with Gasteiger partial charge in [0.1, 0.15) is 10.7 Å². The minimum atomic E-state index is -0.404. The lowest BCUT2D eigenvalue weighted by Gasteiger charge is -2.19. The highest BCUT2D eigenvalue weighted by atomic mass is 35.5. The molecule has 0 aliphatic heterocycles. The van der Waals surface area contributed by atoms with Gasteiger partial charge in [-0.1, -0.05) is 29.3 Å². The second-order valence-electron chi connectivity index (χ2n) is 5.14. The van der Waals surface area contributed by atoms with Gasteiger partial charge in [-0.15, -0.1) is 0 Å². The predicted molar refractivity (Wildman–Crippen MR) is 87.2 cm³/mol. The van der Waals surface area contributed by atoms with Crippen molar-refractivity contribution in [2.45, 2.75) is 6.92 Å². The van der Waals surface area contributed by atoms with Crippen LogP contribution in [0, 0.1) is 6.92 Å². The molecule has 0 aromatic heterocycles. The topological polar surface area (TPSA) is 72.2 Å². The molecule has 0 saturated heterocycles. The number of allylic oxidation sites excluding steroid dienone is 2. The highest BCUT2D eigenvalue weighted by Crippen LogP contribution is 2.30. The van der Waals surface area contributed by atoms with Crippen LogP contribution in [0.15, 0.2) is 53.2 Å². The molecule has 0 atom stereocenters. The highest BCUT2D eigenvalue weighted by molar-refractivity contribution is 6.50. The Labute approximate surface area is 132 Å². The highest BCUT2D eigenvalue weighted by Gasteiger charge is 2.31. The van der Waals surface area contributed by atoms with Crippen molar-refractivity contribution in [3.05, 3.63) is 69.9 Å². The number of rotatable bonds is 2. The third-order valence-electron chi connectivity index (χ3n) is 3.50. The molecular weight excluding hydrogens is 300 g/mol. The van der Waals surface area contributed by atoms with Crippen molar-refractivity contribution in [1.29, 1.82) is 0 Å². The summed E-state index contributed by atoms with van der Waals surface area (Å²) in [5.74, 6) is -0.724. The van der Waals surface area contributed by atoms with Gasteiger partial charge < -0.3 is 11.1 Å². The van der Waals surface area contributed by atoms with Crippen LogP contribution in [-0.4, -0.2) is 11.6 Å². The summed E-state index contributed by atoms with van der Waals surface area (Å²) >= 11 is 6.10. The molecule has 110 valence electrons. The quantitative estimate of drug-likeness (QED) is 0.832. The number of hydrogen-bond donors (Lipinski definition) is 2. The first-order valence-corrected chi connectivity index (χ1v) is 7.07. The summed E-state index contributed by atoms with van der Waals surface area (Å²) in [6.45, 7) is 1.96. The minimum Gasteiger partial charge on any atom is -0.399 e. The van der Waals surface area contributed by atoms with Gasteiger partial charge >= 0.3 is 0 Å². The number of benzene rings is 2. The van der Waals surface area contributed by atoms with E-state index in [-0.39, 0.29) is 22.1 Å². The number of ketones is 2. The second-order valence-corrected chi connectivity index (χ2v) is 5.52. The maximum atomic E-state index is 12.6. The van der Waals surface area contributed by atoms with E-state index in [4.69, 9.17) is 17.3 Å². The fourth-order valence-electron chi connectivity index (χ4n) is 2.31. The van der Waals surface area contributed by atoms with E-state index in [1.54, 1.807) is 12.1 Å². The van der Waals surface area contributed by atoms with Crippen molar-refractivity contribution in [2.24, 2.45) is 0 Å². The number of Topliss-reactive ketones (excluding diaryl/α,β-unsaturated/α-hetero) is 2. The van der Waals surface area contributed by atoms with Gasteiger partial charge in [0.15, 0.2) is 0 Å². The number of hydrogen-bond acceptors (Lipinski definition) is 4. The average Bonchev–Trinajstić information content (AvgIpc) is 2.51. The van der Waals surface area contributed by atoms with Crippen LogP contribution in [0.5, 0.6) is 0 Å². The van der Waals surface area contributed by atoms with Gasteiger partial charge in [-0.2, -0.15) is 0 Å². The zero-order valence-electron chi connectivity index (χ0n) is 11.8. The summed E-state index contributed by atoms with van der Waals surface area (Å²) < 4.78 is 0. The van der Waals surface area contributed by atoms with Crippen molar-refractivity contribution < 1.29 is 9.59 Å². The van der Waals surface area contributed by atoms with E-state index in [2.05, 4.69) is 5.32 Å². The zero-order valence-corrected chi connectivity index (χ0v) is 12.6. The fourth-order valence-corrected chi connectivity index (χ4v) is 2.54. The maximum absolute atomic E-state index is 12.6. The molecule has 2 aromatic rings. The van der Waals surface area contributed by atoms with Crippen LogP contribution in [0.1, 0.15) is 26.3 Å². The number of fused-ring (bicyclic) bond motifs is 1. The summed E-state index contributed by atoms with van der Waals surface area (Å²) in [4.78, 5) is 24.9. The molecule has 0 heterocycles. The van der Waals surface area contributed by atoms with Gasteiger partial charge in [-0.25, -0.2) is 0 Å². The lowest BCUT2D eigenvalue weighted by atomic mass is 9.92. The smallest absolute Gasteiger partial charge is 0.211 e. The van der Waals surface area contributed by atoms with Gasteiger partial charge in [0.05, 0.1) is 0 Å². The number of aryl methyl sites for hydroxylation is 1. The third kappa shape index (κ3) is 2.38. The Morgan fingerprint density at radius 2 is 1.64 bits per heavy atom. The van der Waals surface area contributed by atoms with Crippen molar-refractivity contribution in [3.8, 4) is 0 Å². The number of carbonyl (C=O) groups is 2. The molecule has 0 radical (unpaired) electrons. The largest absolute Gasteiger partial charge is 0.399 e. The van der Waals surface area contributed by atoms with E-state index in [0.717, 1.165) is 5.56 Å². The molecule has 0 amide bonds. The molecule has 4 nitrogen and oxygen atoms in total. The van der Waals surface area contributed by atoms with Gasteiger partial charge in [-0.3, -0.25) is 9.59 Å². The SMILES string of the molecule is Cc1ccc(NC2=C(Cl)C(=O)c3cc(N)ccc3C2=O)cc1. The zero-order chi connectivity index (χ0) is 15.9. The van der Waals surface area contributed by atoms with Crippen molar-refractivity contribution in [3.63, 3.8) is 0 Å². The molecule has 3 rings (SSSR count). The Balaban J connectivity index is 2.03. The standard InChI is InChI=1S/C17H13ClN2O2/c1-9-2-5-11(6-3-9)20-15-14(18)16(21)13-8-10(19)4-7-12(13)17(15)22/h2-8,20H,19H2,1H3. The number of nitrogens with two attached hydrogens (primary N) is 1. The molecule has 0 fully saturated rings. The Bertz CT molecular complexity index is 823. The summed E-state index contributed by atoms with van der Waals surface area (Å²) in [6.07, 6.45) is 0. The summed E-state index contributed by atoms with van der Waals surface area (Å²) in [7, 11) is 0. The van der Waals surface area contributed by atoms with Crippen molar-refractivity contribution >= 4 is 34.5 Å². The molecule has 3 N–H and O–H groups in total. The Kier molecular flexibility index (Phi) is 3.47.